The standard InChI is InChI=1S/C24H30N2O3/c1-4-28-22-14-13-18(15-23(22)29-5-2)17(3)26-24(27)12-8-9-19-16-25-21-11-7-6-10-20(19)21/h6-7,10-11,13-17,25H,4-5,8-9,12H2,1-3H3,(H,26,27). The van der Waals surface area contributed by atoms with Crippen LogP contribution in [0.15, 0.2) is 48.7 Å². The number of fused-ring (bicyclic) bond motifs is 1. The number of benzene rings is 2. The summed E-state index contributed by atoms with van der Waals surface area (Å²) in [5.41, 5.74) is 3.40. The van der Waals surface area contributed by atoms with Crippen molar-refractivity contribution in [3.05, 3.63) is 59.8 Å². The van der Waals surface area contributed by atoms with Gasteiger partial charge in [0, 0.05) is 23.5 Å². The predicted molar refractivity (Wildman–Crippen MR) is 117 cm³/mol. The highest BCUT2D eigenvalue weighted by Gasteiger charge is 2.13. The van der Waals surface area contributed by atoms with E-state index in [-0.39, 0.29) is 11.9 Å². The summed E-state index contributed by atoms with van der Waals surface area (Å²) in [6.07, 6.45) is 4.23. The number of aromatic amines is 1. The number of hydrogen-bond donors (Lipinski definition) is 2. The Morgan fingerprint density at radius 3 is 2.62 bits per heavy atom. The fourth-order valence-corrected chi connectivity index (χ4v) is 3.51. The highest BCUT2D eigenvalue weighted by molar-refractivity contribution is 5.83. The van der Waals surface area contributed by atoms with Gasteiger partial charge in [-0.05, 0) is 62.9 Å². The van der Waals surface area contributed by atoms with Crippen LogP contribution < -0.4 is 14.8 Å². The third-order valence-corrected chi connectivity index (χ3v) is 4.97. The number of amides is 1. The maximum atomic E-state index is 12.4. The van der Waals surface area contributed by atoms with Crippen LogP contribution in [0.2, 0.25) is 0 Å². The van der Waals surface area contributed by atoms with E-state index in [9.17, 15) is 4.79 Å². The summed E-state index contributed by atoms with van der Waals surface area (Å²) in [5.74, 6) is 1.51. The number of hydrogen-bond acceptors (Lipinski definition) is 3. The monoisotopic (exact) mass is 394 g/mol. The number of ether oxygens (including phenoxy) is 2. The molecule has 0 fully saturated rings. The second-order valence-corrected chi connectivity index (χ2v) is 7.07. The van der Waals surface area contributed by atoms with E-state index in [1.807, 2.05) is 57.3 Å². The van der Waals surface area contributed by atoms with Crippen LogP contribution in [0, 0.1) is 0 Å². The minimum absolute atomic E-state index is 0.0594. The maximum Gasteiger partial charge on any atom is 0.220 e. The van der Waals surface area contributed by atoms with Gasteiger partial charge in [0.15, 0.2) is 11.5 Å². The van der Waals surface area contributed by atoms with Gasteiger partial charge in [0.25, 0.3) is 0 Å². The Morgan fingerprint density at radius 2 is 1.83 bits per heavy atom. The van der Waals surface area contributed by atoms with Crippen LogP contribution in [0.1, 0.15) is 50.8 Å². The van der Waals surface area contributed by atoms with Crippen molar-refractivity contribution >= 4 is 16.8 Å². The summed E-state index contributed by atoms with van der Waals surface area (Å²) >= 11 is 0. The molecular weight excluding hydrogens is 364 g/mol. The van der Waals surface area contributed by atoms with Crippen LogP contribution in [0.4, 0.5) is 0 Å². The van der Waals surface area contributed by atoms with E-state index >= 15 is 0 Å². The molecule has 1 aromatic heterocycles. The van der Waals surface area contributed by atoms with E-state index in [0.29, 0.717) is 25.4 Å². The molecule has 2 aromatic carbocycles. The molecular formula is C24H30N2O3. The number of aryl methyl sites for hydroxylation is 1. The number of para-hydroxylation sites is 1. The first-order valence-corrected chi connectivity index (χ1v) is 10.4. The van der Waals surface area contributed by atoms with Gasteiger partial charge in [-0.3, -0.25) is 4.79 Å². The predicted octanol–water partition coefficient (Wildman–Crippen LogP) is 5.17. The van der Waals surface area contributed by atoms with Crippen molar-refractivity contribution < 1.29 is 14.3 Å². The molecule has 5 nitrogen and oxygen atoms in total. The minimum Gasteiger partial charge on any atom is -0.490 e. The average molecular weight is 395 g/mol. The Morgan fingerprint density at radius 1 is 1.07 bits per heavy atom. The molecule has 0 aliphatic heterocycles. The average Bonchev–Trinajstić information content (AvgIpc) is 3.13. The van der Waals surface area contributed by atoms with Gasteiger partial charge in [0.1, 0.15) is 0 Å². The lowest BCUT2D eigenvalue weighted by Gasteiger charge is -2.17. The van der Waals surface area contributed by atoms with Gasteiger partial charge >= 0.3 is 0 Å². The molecule has 0 saturated heterocycles. The van der Waals surface area contributed by atoms with Crippen molar-refractivity contribution in [2.75, 3.05) is 13.2 Å². The highest BCUT2D eigenvalue weighted by atomic mass is 16.5. The van der Waals surface area contributed by atoms with Crippen molar-refractivity contribution in [3.8, 4) is 11.5 Å². The molecule has 5 heteroatoms. The number of carbonyl (C=O) groups excluding carboxylic acids is 1. The van der Waals surface area contributed by atoms with E-state index < -0.39 is 0 Å². The number of H-pyrrole nitrogens is 1. The van der Waals surface area contributed by atoms with E-state index in [2.05, 4.69) is 22.4 Å². The third kappa shape index (κ3) is 5.31. The van der Waals surface area contributed by atoms with Crippen molar-refractivity contribution in [3.63, 3.8) is 0 Å². The summed E-state index contributed by atoms with van der Waals surface area (Å²) < 4.78 is 11.3. The van der Waals surface area contributed by atoms with Crippen molar-refractivity contribution in [2.45, 2.75) is 46.1 Å². The number of rotatable bonds is 10. The zero-order chi connectivity index (χ0) is 20.6. The zero-order valence-corrected chi connectivity index (χ0v) is 17.5. The Hall–Kier alpha value is -2.95. The van der Waals surface area contributed by atoms with E-state index in [0.717, 1.165) is 29.7 Å². The lowest BCUT2D eigenvalue weighted by atomic mass is 10.1. The van der Waals surface area contributed by atoms with Crippen molar-refractivity contribution in [2.24, 2.45) is 0 Å². The largest absolute Gasteiger partial charge is 0.490 e. The first kappa shape index (κ1) is 20.8. The summed E-state index contributed by atoms with van der Waals surface area (Å²) in [6, 6.07) is 14.0. The molecule has 3 aromatic rings. The summed E-state index contributed by atoms with van der Waals surface area (Å²) in [4.78, 5) is 15.7. The Bertz CT molecular complexity index is 948. The first-order chi connectivity index (χ1) is 14.1. The molecule has 0 radical (unpaired) electrons. The van der Waals surface area contributed by atoms with Gasteiger partial charge in [-0.1, -0.05) is 24.3 Å². The third-order valence-electron chi connectivity index (χ3n) is 4.97. The quantitative estimate of drug-likeness (QED) is 0.499. The van der Waals surface area contributed by atoms with Gasteiger partial charge in [-0.15, -0.1) is 0 Å². The number of carbonyl (C=O) groups is 1. The molecule has 0 saturated carbocycles. The topological polar surface area (TPSA) is 63.3 Å². The van der Waals surface area contributed by atoms with Crippen LogP contribution in [-0.4, -0.2) is 24.1 Å². The molecule has 0 aliphatic rings. The Labute approximate surface area is 172 Å². The van der Waals surface area contributed by atoms with E-state index in [1.54, 1.807) is 0 Å². The molecule has 1 amide bonds. The smallest absolute Gasteiger partial charge is 0.220 e. The summed E-state index contributed by atoms with van der Waals surface area (Å²) in [6.45, 7) is 7.04. The van der Waals surface area contributed by atoms with Gasteiger partial charge < -0.3 is 19.8 Å². The molecule has 0 bridgehead atoms. The van der Waals surface area contributed by atoms with Gasteiger partial charge in [-0.25, -0.2) is 0 Å². The Kier molecular flexibility index (Phi) is 7.17. The molecule has 2 N–H and O–H groups in total. The van der Waals surface area contributed by atoms with Crippen molar-refractivity contribution in [1.82, 2.24) is 10.3 Å². The zero-order valence-electron chi connectivity index (χ0n) is 17.5. The van der Waals surface area contributed by atoms with Gasteiger partial charge in [0.2, 0.25) is 5.91 Å². The lowest BCUT2D eigenvalue weighted by molar-refractivity contribution is -0.121. The number of aromatic nitrogens is 1. The highest BCUT2D eigenvalue weighted by Crippen LogP contribution is 2.30. The number of nitrogens with one attached hydrogen (secondary N) is 2. The van der Waals surface area contributed by atoms with Crippen LogP contribution in [0.5, 0.6) is 11.5 Å². The maximum absolute atomic E-state index is 12.4. The fourth-order valence-electron chi connectivity index (χ4n) is 3.51. The molecule has 3 rings (SSSR count). The van der Waals surface area contributed by atoms with Crippen LogP contribution in [0.3, 0.4) is 0 Å². The summed E-state index contributed by atoms with van der Waals surface area (Å²) in [7, 11) is 0. The Balaban J connectivity index is 1.54. The fraction of sp³-hybridized carbons (Fsp3) is 0.375. The summed E-state index contributed by atoms with van der Waals surface area (Å²) in [5, 5.41) is 4.33. The molecule has 1 unspecified atom stereocenters. The molecule has 29 heavy (non-hydrogen) atoms. The van der Waals surface area contributed by atoms with Gasteiger partial charge in [0.05, 0.1) is 19.3 Å². The SMILES string of the molecule is CCOc1ccc(C(C)NC(=O)CCCc2c[nH]c3ccccc23)cc1OCC. The molecule has 1 heterocycles. The van der Waals surface area contributed by atoms with Crippen LogP contribution in [0.25, 0.3) is 10.9 Å². The van der Waals surface area contributed by atoms with Crippen LogP contribution in [-0.2, 0) is 11.2 Å². The second-order valence-electron chi connectivity index (χ2n) is 7.07. The van der Waals surface area contributed by atoms with E-state index in [4.69, 9.17) is 9.47 Å². The molecule has 0 aliphatic carbocycles. The second kappa shape index (κ2) is 10.0. The van der Waals surface area contributed by atoms with Gasteiger partial charge in [-0.2, -0.15) is 0 Å². The molecule has 1 atom stereocenters. The lowest BCUT2D eigenvalue weighted by Crippen LogP contribution is -2.26. The normalized spacial score (nSPS) is 12.0. The van der Waals surface area contributed by atoms with E-state index in [1.165, 1.54) is 10.9 Å². The van der Waals surface area contributed by atoms with Crippen LogP contribution >= 0.6 is 0 Å². The molecule has 0 spiro atoms. The van der Waals surface area contributed by atoms with Crippen molar-refractivity contribution in [1.29, 1.82) is 0 Å². The minimum atomic E-state index is -0.0922. The first-order valence-electron chi connectivity index (χ1n) is 10.4. The molecule has 154 valence electrons.